The minimum absolute atomic E-state index is 0.246. The van der Waals surface area contributed by atoms with E-state index < -0.39 is 0 Å². The van der Waals surface area contributed by atoms with Crippen LogP contribution in [0.3, 0.4) is 0 Å². The van der Waals surface area contributed by atoms with Gasteiger partial charge in [-0.2, -0.15) is 0 Å². The van der Waals surface area contributed by atoms with Gasteiger partial charge in [-0.05, 0) is 31.5 Å². The van der Waals surface area contributed by atoms with E-state index in [0.717, 1.165) is 24.8 Å². The zero-order chi connectivity index (χ0) is 12.4. The molecule has 1 N–H and O–H groups in total. The van der Waals surface area contributed by atoms with Gasteiger partial charge in [0.1, 0.15) is 5.75 Å². The van der Waals surface area contributed by atoms with Crippen LogP contribution in [0.1, 0.15) is 25.0 Å². The lowest BCUT2D eigenvalue weighted by atomic mass is 9.99. The summed E-state index contributed by atoms with van der Waals surface area (Å²) >= 11 is 0. The summed E-state index contributed by atoms with van der Waals surface area (Å²) in [4.78, 5) is 9.41. The second-order valence-electron chi connectivity index (χ2n) is 5.43. The van der Waals surface area contributed by atoms with Crippen molar-refractivity contribution in [1.29, 1.82) is 0 Å². The largest absolute Gasteiger partial charge is 0.506 e. The molecule has 2 aliphatic rings. The maximum absolute atomic E-state index is 9.23. The van der Waals surface area contributed by atoms with Gasteiger partial charge in [0.15, 0.2) is 0 Å². The molecule has 2 saturated heterocycles. The molecule has 1 atom stereocenters. The molecule has 18 heavy (non-hydrogen) atoms. The van der Waals surface area contributed by atoms with E-state index in [2.05, 4.69) is 14.8 Å². The predicted molar refractivity (Wildman–Crippen MR) is 70.4 cm³/mol. The molecule has 4 nitrogen and oxygen atoms in total. The number of fused-ring (bicyclic) bond motifs is 1. The van der Waals surface area contributed by atoms with Crippen LogP contribution in [0, 0.1) is 0 Å². The first-order chi connectivity index (χ1) is 8.81. The smallest absolute Gasteiger partial charge is 0.133 e. The highest BCUT2D eigenvalue weighted by Gasteiger charge is 2.28. The van der Waals surface area contributed by atoms with E-state index in [0.29, 0.717) is 0 Å². The van der Waals surface area contributed by atoms with E-state index in [4.69, 9.17) is 0 Å². The fourth-order valence-corrected chi connectivity index (χ4v) is 3.10. The third kappa shape index (κ3) is 2.65. The van der Waals surface area contributed by atoms with Gasteiger partial charge in [0.2, 0.25) is 0 Å². The summed E-state index contributed by atoms with van der Waals surface area (Å²) < 4.78 is 0. The van der Waals surface area contributed by atoms with Crippen LogP contribution in [0.5, 0.6) is 5.75 Å². The lowest BCUT2D eigenvalue weighted by molar-refractivity contribution is 0.0451. The third-order valence-electron chi connectivity index (χ3n) is 4.12. The Morgan fingerprint density at radius 3 is 3.00 bits per heavy atom. The molecular formula is C14H21N3O. The second kappa shape index (κ2) is 5.24. The van der Waals surface area contributed by atoms with E-state index >= 15 is 0 Å². The Labute approximate surface area is 108 Å². The van der Waals surface area contributed by atoms with E-state index in [1.807, 2.05) is 6.07 Å². The van der Waals surface area contributed by atoms with Crippen molar-refractivity contribution >= 4 is 0 Å². The van der Waals surface area contributed by atoms with E-state index in [1.165, 1.54) is 45.1 Å². The topological polar surface area (TPSA) is 39.6 Å². The lowest BCUT2D eigenvalue weighted by Gasteiger charge is -2.44. The second-order valence-corrected chi connectivity index (χ2v) is 5.43. The Balaban J connectivity index is 1.59. The molecule has 0 amide bonds. The number of rotatable bonds is 2. The molecule has 4 heteroatoms. The quantitative estimate of drug-likeness (QED) is 0.859. The fraction of sp³-hybridized carbons (Fsp3) is 0.643. The van der Waals surface area contributed by atoms with Crippen LogP contribution in [0.15, 0.2) is 18.3 Å². The SMILES string of the molecule is Oc1ccc(CN2CCN3CCCCC3C2)nc1. The molecule has 2 aliphatic heterocycles. The van der Waals surface area contributed by atoms with Crippen LogP contribution in [-0.2, 0) is 6.54 Å². The van der Waals surface area contributed by atoms with Gasteiger partial charge in [-0.15, -0.1) is 0 Å². The highest BCUT2D eigenvalue weighted by atomic mass is 16.3. The van der Waals surface area contributed by atoms with E-state index in [1.54, 1.807) is 6.07 Å². The van der Waals surface area contributed by atoms with Crippen molar-refractivity contribution in [1.82, 2.24) is 14.8 Å². The molecule has 2 fully saturated rings. The molecule has 1 aromatic heterocycles. The molecule has 3 heterocycles. The van der Waals surface area contributed by atoms with Crippen LogP contribution >= 0.6 is 0 Å². The van der Waals surface area contributed by atoms with Crippen molar-refractivity contribution in [2.24, 2.45) is 0 Å². The normalized spacial score (nSPS) is 25.9. The fourth-order valence-electron chi connectivity index (χ4n) is 3.10. The van der Waals surface area contributed by atoms with Gasteiger partial charge in [-0.1, -0.05) is 6.42 Å². The monoisotopic (exact) mass is 247 g/mol. The number of piperazine rings is 1. The molecule has 3 rings (SSSR count). The number of hydrogen-bond acceptors (Lipinski definition) is 4. The summed E-state index contributed by atoms with van der Waals surface area (Å²) in [7, 11) is 0. The summed E-state index contributed by atoms with van der Waals surface area (Å²) in [5.74, 6) is 0.246. The van der Waals surface area contributed by atoms with Crippen molar-refractivity contribution in [3.05, 3.63) is 24.0 Å². The Morgan fingerprint density at radius 2 is 2.17 bits per heavy atom. The van der Waals surface area contributed by atoms with Crippen LogP contribution in [0.25, 0.3) is 0 Å². The molecule has 0 saturated carbocycles. The summed E-state index contributed by atoms with van der Waals surface area (Å²) in [5, 5.41) is 9.23. The molecular weight excluding hydrogens is 226 g/mol. The first-order valence-corrected chi connectivity index (χ1v) is 6.91. The van der Waals surface area contributed by atoms with Crippen LogP contribution in [0.4, 0.5) is 0 Å². The standard InChI is InChI=1S/C14H21N3O/c18-14-5-4-12(15-9-14)10-16-7-8-17-6-2-1-3-13(17)11-16/h4-5,9,13,18H,1-3,6-8,10-11H2. The molecule has 1 aromatic rings. The highest BCUT2D eigenvalue weighted by Crippen LogP contribution is 2.22. The average molecular weight is 247 g/mol. The van der Waals surface area contributed by atoms with Crippen molar-refractivity contribution in [3.8, 4) is 5.75 Å². The molecule has 0 radical (unpaired) electrons. The van der Waals surface area contributed by atoms with Crippen molar-refractivity contribution < 1.29 is 5.11 Å². The highest BCUT2D eigenvalue weighted by molar-refractivity contribution is 5.17. The molecule has 0 spiro atoms. The lowest BCUT2D eigenvalue weighted by Crippen LogP contribution is -2.54. The van der Waals surface area contributed by atoms with Gasteiger partial charge in [0, 0.05) is 32.2 Å². The number of piperidine rings is 1. The van der Waals surface area contributed by atoms with Gasteiger partial charge in [-0.3, -0.25) is 14.8 Å². The Kier molecular flexibility index (Phi) is 3.48. The number of pyridine rings is 1. The summed E-state index contributed by atoms with van der Waals surface area (Å²) in [5.41, 5.74) is 1.05. The van der Waals surface area contributed by atoms with Crippen LogP contribution in [-0.4, -0.2) is 52.1 Å². The van der Waals surface area contributed by atoms with Gasteiger partial charge in [0.05, 0.1) is 11.9 Å². The summed E-state index contributed by atoms with van der Waals surface area (Å²) in [6.07, 6.45) is 5.63. The average Bonchev–Trinajstić information content (AvgIpc) is 2.41. The maximum atomic E-state index is 9.23. The maximum Gasteiger partial charge on any atom is 0.133 e. The Bertz CT molecular complexity index is 393. The van der Waals surface area contributed by atoms with Crippen molar-refractivity contribution in [2.75, 3.05) is 26.2 Å². The summed E-state index contributed by atoms with van der Waals surface area (Å²) in [6.45, 7) is 5.70. The third-order valence-corrected chi connectivity index (χ3v) is 4.12. The zero-order valence-electron chi connectivity index (χ0n) is 10.8. The van der Waals surface area contributed by atoms with Gasteiger partial charge >= 0.3 is 0 Å². The first-order valence-electron chi connectivity index (χ1n) is 6.91. The number of aromatic hydroxyl groups is 1. The minimum Gasteiger partial charge on any atom is -0.506 e. The minimum atomic E-state index is 0.246. The summed E-state index contributed by atoms with van der Waals surface area (Å²) in [6, 6.07) is 4.39. The molecule has 0 aliphatic carbocycles. The number of hydrogen-bond donors (Lipinski definition) is 1. The number of aromatic nitrogens is 1. The van der Waals surface area contributed by atoms with Crippen LogP contribution in [0.2, 0.25) is 0 Å². The van der Waals surface area contributed by atoms with Crippen LogP contribution < -0.4 is 0 Å². The van der Waals surface area contributed by atoms with Gasteiger partial charge < -0.3 is 5.11 Å². The predicted octanol–water partition coefficient (Wildman–Crippen LogP) is 1.46. The van der Waals surface area contributed by atoms with Crippen molar-refractivity contribution in [2.45, 2.75) is 31.8 Å². The molecule has 1 unspecified atom stereocenters. The Hall–Kier alpha value is -1.13. The van der Waals surface area contributed by atoms with Crippen molar-refractivity contribution in [3.63, 3.8) is 0 Å². The first kappa shape index (κ1) is 11.9. The molecule has 98 valence electrons. The zero-order valence-corrected chi connectivity index (χ0v) is 10.8. The molecule has 0 bridgehead atoms. The van der Waals surface area contributed by atoms with E-state index in [-0.39, 0.29) is 5.75 Å². The number of nitrogens with zero attached hydrogens (tertiary/aromatic N) is 3. The molecule has 0 aromatic carbocycles. The Morgan fingerprint density at radius 1 is 1.22 bits per heavy atom. The van der Waals surface area contributed by atoms with Gasteiger partial charge in [-0.25, -0.2) is 0 Å². The van der Waals surface area contributed by atoms with Gasteiger partial charge in [0.25, 0.3) is 0 Å². The van der Waals surface area contributed by atoms with E-state index in [9.17, 15) is 5.11 Å².